The van der Waals surface area contributed by atoms with E-state index in [1.807, 2.05) is 24.3 Å². The minimum Gasteiger partial charge on any atom is -0.490 e. The summed E-state index contributed by atoms with van der Waals surface area (Å²) < 4.78 is 9.87. The smallest absolute Gasteiger partial charge is 0.261 e. The number of aliphatic hydroxyl groups is 1. The van der Waals surface area contributed by atoms with Crippen LogP contribution in [0.1, 0.15) is 79.8 Å². The van der Waals surface area contributed by atoms with Crippen LogP contribution in [0, 0.1) is 23.7 Å². The molecule has 2 fully saturated rings. The highest BCUT2D eigenvalue weighted by molar-refractivity contribution is 7.98. The number of hydrogen-bond acceptors (Lipinski definition) is 5. The molecule has 2 aliphatic heterocycles. The van der Waals surface area contributed by atoms with Crippen LogP contribution in [0.25, 0.3) is 0 Å². The van der Waals surface area contributed by atoms with Crippen LogP contribution in [0.15, 0.2) is 48.6 Å². The van der Waals surface area contributed by atoms with Gasteiger partial charge < -0.3 is 14.7 Å². The number of aliphatic hydroxyl groups excluding tert-OH is 1. The number of fused-ring (bicyclic) bond motifs is 4. The molecule has 2 bridgehead atoms. The molecule has 5 aliphatic rings. The van der Waals surface area contributed by atoms with E-state index in [1.54, 1.807) is 11.9 Å². The second-order valence-corrected chi connectivity index (χ2v) is 15.0. The lowest BCUT2D eigenvalue weighted by atomic mass is 9.68. The average Bonchev–Trinajstić information content (AvgIpc) is 3.08. The number of allylic oxidation sites excluding steroid dienone is 1. The van der Waals surface area contributed by atoms with Crippen molar-refractivity contribution in [2.75, 3.05) is 24.6 Å². The van der Waals surface area contributed by atoms with E-state index in [-0.39, 0.29) is 17.2 Å². The molecular weight excluding hydrogens is 564 g/mol. The molecule has 0 saturated heterocycles. The van der Waals surface area contributed by atoms with Crippen molar-refractivity contribution in [1.29, 1.82) is 0 Å². The summed E-state index contributed by atoms with van der Waals surface area (Å²) in [6.45, 7) is 4.56. The van der Waals surface area contributed by atoms with Gasteiger partial charge in [-0.2, -0.15) is 0 Å². The van der Waals surface area contributed by atoms with Crippen molar-refractivity contribution < 1.29 is 14.6 Å². The Kier molecular flexibility index (Phi) is 8.00. The van der Waals surface area contributed by atoms with E-state index in [0.29, 0.717) is 35.2 Å². The molecule has 7 rings (SSSR count). The third-order valence-electron chi connectivity index (χ3n) is 11.0. The summed E-state index contributed by atoms with van der Waals surface area (Å²) in [6, 6.07) is 12.3. The number of aryl methyl sites for hydroxylation is 1. The van der Waals surface area contributed by atoms with Crippen molar-refractivity contribution in [3.8, 4) is 5.75 Å². The van der Waals surface area contributed by atoms with Gasteiger partial charge in [0.15, 0.2) is 0 Å². The fraction of sp³-hybridized carbons (Fsp3) is 0.571. The standard InChI is InChI=1S/C35H43ClN2O3S/c1-22-5-2-9-31(39)28-13-10-26(28)19-38-20-35(16-4-8-24-17-27(36)12-14-29(24)35)21-41-32-15-11-25(18-30(32)38)34(40)37-42-33(22)23-6-3-7-23/h2,9,11-12,14-15,17-18,22-23,26,28,31,33,39H,3-8,10,13,16,19-21H2,1H3,(H,37,40)/b9-2-/t22-,26-,28+,31-,33+,35-/m0/s1. The summed E-state index contributed by atoms with van der Waals surface area (Å²) in [6.07, 6.45) is 13.9. The number of amides is 1. The van der Waals surface area contributed by atoms with Crippen LogP contribution in [-0.4, -0.2) is 42.1 Å². The Labute approximate surface area is 259 Å². The van der Waals surface area contributed by atoms with Gasteiger partial charge in [0, 0.05) is 34.3 Å². The van der Waals surface area contributed by atoms with Gasteiger partial charge in [0.2, 0.25) is 0 Å². The Morgan fingerprint density at radius 2 is 1.98 bits per heavy atom. The molecule has 1 amide bonds. The molecule has 2 aromatic carbocycles. The minimum absolute atomic E-state index is 0.0320. The van der Waals surface area contributed by atoms with Gasteiger partial charge in [-0.15, -0.1) is 0 Å². The quantitative estimate of drug-likeness (QED) is 0.263. The summed E-state index contributed by atoms with van der Waals surface area (Å²) in [5, 5.41) is 12.4. The largest absolute Gasteiger partial charge is 0.490 e. The third-order valence-corrected chi connectivity index (χ3v) is 12.6. The van der Waals surface area contributed by atoms with Crippen molar-refractivity contribution in [2.45, 2.75) is 81.5 Å². The highest BCUT2D eigenvalue weighted by atomic mass is 35.5. The van der Waals surface area contributed by atoms with Gasteiger partial charge >= 0.3 is 0 Å². The Morgan fingerprint density at radius 3 is 2.76 bits per heavy atom. The molecule has 3 aliphatic carbocycles. The third kappa shape index (κ3) is 5.37. The first-order chi connectivity index (χ1) is 20.4. The summed E-state index contributed by atoms with van der Waals surface area (Å²) in [4.78, 5) is 16.1. The predicted octanol–water partition coefficient (Wildman–Crippen LogP) is 7.34. The number of benzene rings is 2. The molecule has 2 saturated carbocycles. The molecule has 5 nitrogen and oxygen atoms in total. The molecule has 0 aromatic heterocycles. The molecule has 0 radical (unpaired) electrons. The average molecular weight is 607 g/mol. The number of anilines is 1. The van der Waals surface area contributed by atoms with Crippen LogP contribution in [-0.2, 0) is 11.8 Å². The molecule has 1 spiro atoms. The second kappa shape index (κ2) is 11.7. The summed E-state index contributed by atoms with van der Waals surface area (Å²) in [5.74, 6) is 2.52. The van der Waals surface area contributed by atoms with Crippen molar-refractivity contribution >= 4 is 35.1 Å². The number of hydrogen-bond donors (Lipinski definition) is 2. The van der Waals surface area contributed by atoms with Crippen LogP contribution in [0.3, 0.4) is 0 Å². The highest BCUT2D eigenvalue weighted by Gasteiger charge is 2.44. The first kappa shape index (κ1) is 28.6. The SMILES string of the molecule is C[C@H]1C/C=C\[C@H](O)[C@@H]2CC[C@H]2CN2C[C@@]3(CCCc4cc(Cl)ccc43)COc3ccc(cc32)C(=O)NS[C@H]1C1CCC1. The number of ether oxygens (including phenoxy) is 1. The van der Waals surface area contributed by atoms with E-state index in [1.165, 1.54) is 30.4 Å². The minimum atomic E-state index is -0.418. The topological polar surface area (TPSA) is 61.8 Å². The van der Waals surface area contributed by atoms with Gasteiger partial charge in [-0.1, -0.05) is 43.2 Å². The number of carbonyl (C=O) groups is 1. The number of nitrogens with one attached hydrogen (secondary N) is 1. The molecule has 2 N–H and O–H groups in total. The molecule has 42 heavy (non-hydrogen) atoms. The lowest BCUT2D eigenvalue weighted by molar-refractivity contribution is 0.0455. The fourth-order valence-electron chi connectivity index (χ4n) is 8.14. The predicted molar refractivity (Wildman–Crippen MR) is 172 cm³/mol. The zero-order valence-corrected chi connectivity index (χ0v) is 26.1. The molecule has 2 aromatic rings. The molecule has 224 valence electrons. The van der Waals surface area contributed by atoms with Gasteiger partial charge in [-0.3, -0.25) is 9.52 Å². The van der Waals surface area contributed by atoms with E-state index in [2.05, 4.69) is 40.8 Å². The Balaban J connectivity index is 1.25. The van der Waals surface area contributed by atoms with Gasteiger partial charge in [0.1, 0.15) is 5.75 Å². The van der Waals surface area contributed by atoms with Crippen molar-refractivity contribution in [3.63, 3.8) is 0 Å². The lowest BCUT2D eigenvalue weighted by Gasteiger charge is -2.45. The maximum Gasteiger partial charge on any atom is 0.261 e. The molecule has 2 heterocycles. The van der Waals surface area contributed by atoms with Gasteiger partial charge in [-0.05, 0) is 128 Å². The maximum absolute atomic E-state index is 13.6. The molecular formula is C35H43ClN2O3S. The Hall–Kier alpha value is -2.15. The first-order valence-electron chi connectivity index (χ1n) is 16.0. The molecule has 0 unspecified atom stereocenters. The first-order valence-corrected chi connectivity index (χ1v) is 17.3. The Bertz CT molecular complexity index is 1360. The lowest BCUT2D eigenvalue weighted by Crippen LogP contribution is -2.49. The highest BCUT2D eigenvalue weighted by Crippen LogP contribution is 2.47. The van der Waals surface area contributed by atoms with Gasteiger partial charge in [0.05, 0.1) is 18.4 Å². The van der Waals surface area contributed by atoms with E-state index in [4.69, 9.17) is 16.3 Å². The van der Waals surface area contributed by atoms with Crippen LogP contribution in [0.2, 0.25) is 5.02 Å². The van der Waals surface area contributed by atoms with Crippen molar-refractivity contribution in [1.82, 2.24) is 4.72 Å². The Morgan fingerprint density at radius 1 is 1.10 bits per heavy atom. The number of nitrogens with zero attached hydrogens (tertiary/aromatic N) is 1. The monoisotopic (exact) mass is 606 g/mol. The normalized spacial score (nSPS) is 34.1. The number of halogens is 1. The van der Waals surface area contributed by atoms with Crippen LogP contribution >= 0.6 is 23.5 Å². The zero-order valence-electron chi connectivity index (χ0n) is 24.6. The van der Waals surface area contributed by atoms with E-state index >= 15 is 0 Å². The summed E-state index contributed by atoms with van der Waals surface area (Å²) >= 11 is 8.04. The summed E-state index contributed by atoms with van der Waals surface area (Å²) in [5.41, 5.74) is 4.19. The second-order valence-electron chi connectivity index (χ2n) is 13.6. The van der Waals surface area contributed by atoms with E-state index in [9.17, 15) is 9.90 Å². The maximum atomic E-state index is 13.6. The fourth-order valence-corrected chi connectivity index (χ4v) is 9.51. The molecule has 6 atom stereocenters. The number of carbonyl (C=O) groups excluding carboxylic acids is 1. The van der Waals surface area contributed by atoms with Crippen molar-refractivity contribution in [2.24, 2.45) is 23.7 Å². The summed E-state index contributed by atoms with van der Waals surface area (Å²) in [7, 11) is 0. The zero-order chi connectivity index (χ0) is 28.8. The van der Waals surface area contributed by atoms with Gasteiger partial charge in [-0.25, -0.2) is 0 Å². The molecule has 7 heteroatoms. The number of rotatable bonds is 1. The van der Waals surface area contributed by atoms with E-state index < -0.39 is 6.10 Å². The van der Waals surface area contributed by atoms with Crippen LogP contribution in [0.5, 0.6) is 5.75 Å². The van der Waals surface area contributed by atoms with Crippen molar-refractivity contribution in [3.05, 3.63) is 70.3 Å². The van der Waals surface area contributed by atoms with E-state index in [0.717, 1.165) is 68.1 Å². The van der Waals surface area contributed by atoms with Crippen LogP contribution < -0.4 is 14.4 Å². The van der Waals surface area contributed by atoms with Gasteiger partial charge in [0.25, 0.3) is 5.91 Å². The van der Waals surface area contributed by atoms with Crippen LogP contribution in [0.4, 0.5) is 5.69 Å².